The normalized spacial score (nSPS) is 14.6. The topological polar surface area (TPSA) is 114 Å². The third-order valence-electron chi connectivity index (χ3n) is 6.96. The lowest BCUT2D eigenvalue weighted by atomic mass is 9.98. The summed E-state index contributed by atoms with van der Waals surface area (Å²) in [6.07, 6.45) is -1.56. The molecule has 1 aliphatic rings. The van der Waals surface area contributed by atoms with Crippen LogP contribution >= 0.6 is 0 Å². The smallest absolute Gasteiger partial charge is 0.407 e. The summed E-state index contributed by atoms with van der Waals surface area (Å²) in [5, 5.41) is 14.9. The zero-order chi connectivity index (χ0) is 27.9. The fraction of sp³-hybridized carbons (Fsp3) is 0.323. The molecule has 0 spiro atoms. The number of carbonyl (C=O) groups is 3. The first-order valence-electron chi connectivity index (χ1n) is 13.1. The molecule has 204 valence electrons. The fourth-order valence-electron chi connectivity index (χ4n) is 4.82. The van der Waals surface area contributed by atoms with Crippen LogP contribution in [0, 0.1) is 5.92 Å². The Hall–Kier alpha value is -4.17. The molecule has 0 heterocycles. The number of benzene rings is 3. The number of ether oxygens (including phenoxy) is 2. The number of fused-ring (bicyclic) bond motifs is 3. The molecule has 3 N–H and O–H groups in total. The zero-order valence-corrected chi connectivity index (χ0v) is 22.3. The molecule has 0 radical (unpaired) electrons. The number of carboxylic acids is 1. The van der Waals surface area contributed by atoms with Gasteiger partial charge in [0.1, 0.15) is 12.6 Å². The lowest BCUT2D eigenvalue weighted by Crippen LogP contribution is -2.56. The summed E-state index contributed by atoms with van der Waals surface area (Å²) >= 11 is 0. The van der Waals surface area contributed by atoms with E-state index in [-0.39, 0.29) is 25.0 Å². The Morgan fingerprint density at radius 1 is 0.795 bits per heavy atom. The average molecular weight is 531 g/mol. The van der Waals surface area contributed by atoms with E-state index in [9.17, 15) is 19.5 Å². The number of rotatable bonds is 11. The Morgan fingerprint density at radius 3 is 1.92 bits per heavy atom. The van der Waals surface area contributed by atoms with Crippen molar-refractivity contribution in [1.29, 1.82) is 0 Å². The van der Waals surface area contributed by atoms with Crippen LogP contribution in [0.2, 0.25) is 0 Å². The van der Waals surface area contributed by atoms with Crippen molar-refractivity contribution in [2.75, 3.05) is 6.61 Å². The lowest BCUT2D eigenvalue weighted by Gasteiger charge is -2.26. The minimum Gasteiger partial charge on any atom is -0.480 e. The highest BCUT2D eigenvalue weighted by atomic mass is 16.5. The van der Waals surface area contributed by atoms with Gasteiger partial charge in [-0.2, -0.15) is 0 Å². The highest BCUT2D eigenvalue weighted by Gasteiger charge is 2.33. The number of nitrogens with one attached hydrogen (secondary N) is 2. The molecule has 3 atom stereocenters. The largest absolute Gasteiger partial charge is 0.480 e. The van der Waals surface area contributed by atoms with E-state index in [1.807, 2.05) is 66.7 Å². The zero-order valence-electron chi connectivity index (χ0n) is 22.3. The Labute approximate surface area is 228 Å². The molecule has 39 heavy (non-hydrogen) atoms. The van der Waals surface area contributed by atoms with Gasteiger partial charge >= 0.3 is 12.1 Å². The van der Waals surface area contributed by atoms with E-state index in [0.717, 1.165) is 27.8 Å². The summed E-state index contributed by atoms with van der Waals surface area (Å²) in [7, 11) is 0. The van der Waals surface area contributed by atoms with Crippen LogP contribution in [0.3, 0.4) is 0 Å². The predicted octanol–water partition coefficient (Wildman–Crippen LogP) is 4.72. The van der Waals surface area contributed by atoms with Gasteiger partial charge in [0.15, 0.2) is 6.04 Å². The minimum atomic E-state index is -1.30. The maximum Gasteiger partial charge on any atom is 0.407 e. The lowest BCUT2D eigenvalue weighted by molar-refractivity contribution is -0.147. The van der Waals surface area contributed by atoms with Crippen LogP contribution in [0.5, 0.6) is 0 Å². The third kappa shape index (κ3) is 6.64. The maximum absolute atomic E-state index is 13.1. The van der Waals surface area contributed by atoms with Gasteiger partial charge in [-0.25, -0.2) is 9.59 Å². The molecule has 1 unspecified atom stereocenters. The van der Waals surface area contributed by atoms with Crippen LogP contribution in [0.25, 0.3) is 11.1 Å². The number of hydrogen-bond acceptors (Lipinski definition) is 5. The number of hydrogen-bond donors (Lipinski definition) is 3. The summed E-state index contributed by atoms with van der Waals surface area (Å²) in [6, 6.07) is 23.1. The van der Waals surface area contributed by atoms with Crippen molar-refractivity contribution in [2.45, 2.75) is 51.5 Å². The molecule has 4 rings (SSSR count). The maximum atomic E-state index is 13.1. The SMILES string of the molecule is CC(C)C(NC(=O)OCC1c2ccccc2-c2ccccc21)C(=O)N[C@@H](C(=O)O)[C@H](C)OCc1ccccc1. The van der Waals surface area contributed by atoms with Gasteiger partial charge in [0.05, 0.1) is 12.7 Å². The van der Waals surface area contributed by atoms with Crippen molar-refractivity contribution in [3.05, 3.63) is 95.6 Å². The van der Waals surface area contributed by atoms with E-state index in [1.165, 1.54) is 0 Å². The molecular formula is C31H34N2O6. The third-order valence-corrected chi connectivity index (χ3v) is 6.96. The number of aliphatic carboxylic acids is 1. The van der Waals surface area contributed by atoms with Crippen molar-refractivity contribution < 1.29 is 29.0 Å². The molecule has 0 bridgehead atoms. The molecule has 0 saturated heterocycles. The molecule has 0 fully saturated rings. The van der Waals surface area contributed by atoms with Gasteiger partial charge < -0.3 is 25.2 Å². The van der Waals surface area contributed by atoms with Crippen molar-refractivity contribution >= 4 is 18.0 Å². The number of amides is 2. The van der Waals surface area contributed by atoms with Crippen molar-refractivity contribution in [2.24, 2.45) is 5.92 Å². The molecule has 8 heteroatoms. The number of carboxylic acid groups (broad SMARTS) is 1. The summed E-state index contributed by atoms with van der Waals surface area (Å²) < 4.78 is 11.3. The van der Waals surface area contributed by atoms with Gasteiger partial charge in [-0.3, -0.25) is 4.79 Å². The highest BCUT2D eigenvalue weighted by Crippen LogP contribution is 2.44. The summed E-state index contributed by atoms with van der Waals surface area (Å²) in [4.78, 5) is 37.8. The molecule has 2 amide bonds. The van der Waals surface area contributed by atoms with Crippen LogP contribution in [0.1, 0.15) is 43.4 Å². The quantitative estimate of drug-likeness (QED) is 0.331. The van der Waals surface area contributed by atoms with Gasteiger partial charge in [-0.1, -0.05) is 92.7 Å². The molecule has 8 nitrogen and oxygen atoms in total. The summed E-state index contributed by atoms with van der Waals surface area (Å²) in [5.41, 5.74) is 5.28. The second kappa shape index (κ2) is 12.6. The van der Waals surface area contributed by atoms with Gasteiger partial charge in [0.25, 0.3) is 0 Å². The number of carbonyl (C=O) groups excluding carboxylic acids is 2. The number of alkyl carbamates (subject to hydrolysis) is 1. The molecule has 0 aliphatic heterocycles. The van der Waals surface area contributed by atoms with Crippen LogP contribution in [0.15, 0.2) is 78.9 Å². The molecule has 1 aliphatic carbocycles. The van der Waals surface area contributed by atoms with E-state index in [2.05, 4.69) is 22.8 Å². The molecule has 3 aromatic carbocycles. The minimum absolute atomic E-state index is 0.106. The fourth-order valence-corrected chi connectivity index (χ4v) is 4.82. The Morgan fingerprint density at radius 2 is 1.36 bits per heavy atom. The summed E-state index contributed by atoms with van der Waals surface area (Å²) in [6.45, 7) is 5.42. The monoisotopic (exact) mass is 530 g/mol. The average Bonchev–Trinajstić information content (AvgIpc) is 3.26. The Kier molecular flexibility index (Phi) is 8.99. The molecular weight excluding hydrogens is 496 g/mol. The highest BCUT2D eigenvalue weighted by molar-refractivity contribution is 5.89. The Bertz CT molecular complexity index is 1260. The predicted molar refractivity (Wildman–Crippen MR) is 147 cm³/mol. The van der Waals surface area contributed by atoms with E-state index >= 15 is 0 Å². The van der Waals surface area contributed by atoms with E-state index in [1.54, 1.807) is 20.8 Å². The van der Waals surface area contributed by atoms with E-state index in [0.29, 0.717) is 0 Å². The molecule has 3 aromatic rings. The van der Waals surface area contributed by atoms with Crippen LogP contribution in [-0.2, 0) is 25.7 Å². The first-order chi connectivity index (χ1) is 18.8. The second-order valence-corrected chi connectivity index (χ2v) is 10.0. The van der Waals surface area contributed by atoms with E-state index in [4.69, 9.17) is 9.47 Å². The standard InChI is InChI=1S/C31H34N2O6/c1-19(2)27(29(34)32-28(30(35)36)20(3)38-17-21-11-5-4-6-12-21)33-31(37)39-18-26-24-15-9-7-13-22(24)23-14-8-10-16-25(23)26/h4-16,19-20,26-28H,17-18H2,1-3H3,(H,32,34)(H,33,37)(H,35,36)/t20-,27?,28+/m0/s1. The van der Waals surface area contributed by atoms with Gasteiger partial charge in [-0.05, 0) is 40.7 Å². The summed E-state index contributed by atoms with van der Waals surface area (Å²) in [5.74, 6) is -2.29. The van der Waals surface area contributed by atoms with Crippen LogP contribution < -0.4 is 10.6 Å². The van der Waals surface area contributed by atoms with Crippen molar-refractivity contribution in [1.82, 2.24) is 10.6 Å². The van der Waals surface area contributed by atoms with Gasteiger partial charge in [0.2, 0.25) is 5.91 Å². The van der Waals surface area contributed by atoms with Crippen molar-refractivity contribution in [3.8, 4) is 11.1 Å². The first-order valence-corrected chi connectivity index (χ1v) is 13.1. The van der Waals surface area contributed by atoms with E-state index < -0.39 is 36.2 Å². The van der Waals surface area contributed by atoms with Crippen molar-refractivity contribution in [3.63, 3.8) is 0 Å². The molecule has 0 saturated carbocycles. The molecule has 0 aromatic heterocycles. The van der Waals surface area contributed by atoms with Gasteiger partial charge in [0, 0.05) is 5.92 Å². The Balaban J connectivity index is 1.36. The van der Waals surface area contributed by atoms with Crippen LogP contribution in [-0.4, -0.2) is 47.9 Å². The first kappa shape index (κ1) is 27.9. The van der Waals surface area contributed by atoms with Crippen LogP contribution in [0.4, 0.5) is 4.79 Å². The van der Waals surface area contributed by atoms with Gasteiger partial charge in [-0.15, -0.1) is 0 Å². The second-order valence-electron chi connectivity index (χ2n) is 10.0.